The second-order valence-corrected chi connectivity index (χ2v) is 5.00. The van der Waals surface area contributed by atoms with Gasteiger partial charge >= 0.3 is 0 Å². The molecule has 17 heavy (non-hydrogen) atoms. The summed E-state index contributed by atoms with van der Waals surface area (Å²) in [6, 6.07) is 8.71. The van der Waals surface area contributed by atoms with Gasteiger partial charge < -0.3 is 10.2 Å². The third-order valence-corrected chi connectivity index (χ3v) is 3.46. The number of alkyl halides is 1. The Labute approximate surface area is 103 Å². The Hall–Kier alpha value is -1.09. The zero-order chi connectivity index (χ0) is 12.3. The van der Waals surface area contributed by atoms with Crippen LogP contribution in [0.15, 0.2) is 24.3 Å². The molecule has 0 radical (unpaired) electrons. The van der Waals surface area contributed by atoms with E-state index in [0.29, 0.717) is 18.5 Å². The molecule has 0 aliphatic carbocycles. The predicted octanol–water partition coefficient (Wildman–Crippen LogP) is 2.59. The van der Waals surface area contributed by atoms with E-state index in [0.717, 1.165) is 13.1 Å². The van der Waals surface area contributed by atoms with E-state index < -0.39 is 0 Å². The second-order valence-electron chi connectivity index (χ2n) is 5.00. The highest BCUT2D eigenvalue weighted by Gasteiger charge is 2.22. The Morgan fingerprint density at radius 3 is 2.88 bits per heavy atom. The van der Waals surface area contributed by atoms with Crippen LogP contribution in [0.25, 0.3) is 0 Å². The van der Waals surface area contributed by atoms with Gasteiger partial charge in [-0.1, -0.05) is 32.0 Å². The summed E-state index contributed by atoms with van der Waals surface area (Å²) in [4.78, 5) is 2.17. The van der Waals surface area contributed by atoms with Gasteiger partial charge in [0.1, 0.15) is 6.67 Å². The van der Waals surface area contributed by atoms with Gasteiger partial charge in [0.2, 0.25) is 0 Å². The van der Waals surface area contributed by atoms with Crippen LogP contribution in [0.1, 0.15) is 19.4 Å². The molecule has 0 bridgehead atoms. The van der Waals surface area contributed by atoms with Crippen LogP contribution in [0.4, 0.5) is 10.1 Å². The van der Waals surface area contributed by atoms with Crippen molar-refractivity contribution in [2.45, 2.75) is 26.4 Å². The smallest absolute Gasteiger partial charge is 0.107 e. The first kappa shape index (κ1) is 12.4. The summed E-state index contributed by atoms with van der Waals surface area (Å²) in [5, 5.41) is 3.56. The molecular weight excluding hydrogens is 215 g/mol. The van der Waals surface area contributed by atoms with Crippen molar-refractivity contribution in [2.75, 3.05) is 24.7 Å². The van der Waals surface area contributed by atoms with Crippen molar-refractivity contribution in [1.29, 1.82) is 0 Å². The molecule has 1 aromatic carbocycles. The molecular formula is C14H21FN2. The standard InChI is InChI=1S/C14H21FN2/c1-11(2)13-10-17(8-7-15)14-6-4-3-5-12(14)9-16-13/h3-6,11,13,16H,7-10H2,1-2H3. The zero-order valence-electron chi connectivity index (χ0n) is 10.6. The monoisotopic (exact) mass is 236 g/mol. The molecule has 0 fully saturated rings. The SMILES string of the molecule is CC(C)C1CN(CCF)c2ccccc2CN1. The highest BCUT2D eigenvalue weighted by Crippen LogP contribution is 2.24. The minimum absolute atomic E-state index is 0.293. The van der Waals surface area contributed by atoms with Crippen LogP contribution in [0.5, 0.6) is 0 Å². The molecule has 0 saturated carbocycles. The van der Waals surface area contributed by atoms with Crippen LogP contribution in [-0.2, 0) is 6.54 Å². The van der Waals surface area contributed by atoms with E-state index in [1.807, 2.05) is 12.1 Å². The molecule has 3 heteroatoms. The van der Waals surface area contributed by atoms with E-state index in [2.05, 4.69) is 36.2 Å². The molecule has 1 N–H and O–H groups in total. The normalized spacial score (nSPS) is 20.2. The summed E-state index contributed by atoms with van der Waals surface area (Å²) < 4.78 is 12.7. The largest absolute Gasteiger partial charge is 0.367 e. The number of fused-ring (bicyclic) bond motifs is 1. The fourth-order valence-electron chi connectivity index (χ4n) is 2.37. The summed E-state index contributed by atoms with van der Waals surface area (Å²) in [5.41, 5.74) is 2.45. The maximum Gasteiger partial charge on any atom is 0.107 e. The Bertz CT molecular complexity index is 365. The third-order valence-electron chi connectivity index (χ3n) is 3.46. The number of halogens is 1. The van der Waals surface area contributed by atoms with Gasteiger partial charge in [0, 0.05) is 31.4 Å². The fourth-order valence-corrected chi connectivity index (χ4v) is 2.37. The molecule has 0 amide bonds. The first-order chi connectivity index (χ1) is 8.22. The van der Waals surface area contributed by atoms with Gasteiger partial charge in [0.25, 0.3) is 0 Å². The summed E-state index contributed by atoms with van der Waals surface area (Å²) >= 11 is 0. The number of rotatable bonds is 3. The molecule has 0 saturated heterocycles. The van der Waals surface area contributed by atoms with Gasteiger partial charge in [-0.05, 0) is 17.5 Å². The highest BCUT2D eigenvalue weighted by molar-refractivity contribution is 5.54. The van der Waals surface area contributed by atoms with Crippen LogP contribution >= 0.6 is 0 Å². The summed E-state index contributed by atoms with van der Waals surface area (Å²) in [6.07, 6.45) is 0. The van der Waals surface area contributed by atoms with Crippen LogP contribution in [0.3, 0.4) is 0 Å². The van der Waals surface area contributed by atoms with Crippen LogP contribution < -0.4 is 10.2 Å². The maximum atomic E-state index is 12.7. The molecule has 1 aromatic rings. The fraction of sp³-hybridized carbons (Fsp3) is 0.571. The van der Waals surface area contributed by atoms with Crippen LogP contribution in [0.2, 0.25) is 0 Å². The highest BCUT2D eigenvalue weighted by atomic mass is 19.1. The van der Waals surface area contributed by atoms with Crippen molar-refractivity contribution >= 4 is 5.69 Å². The first-order valence-corrected chi connectivity index (χ1v) is 6.34. The zero-order valence-corrected chi connectivity index (χ0v) is 10.6. The van der Waals surface area contributed by atoms with E-state index in [-0.39, 0.29) is 6.67 Å². The Kier molecular flexibility index (Phi) is 4.00. The lowest BCUT2D eigenvalue weighted by Crippen LogP contribution is -2.42. The Morgan fingerprint density at radius 2 is 2.18 bits per heavy atom. The number of hydrogen-bond acceptors (Lipinski definition) is 2. The van der Waals surface area contributed by atoms with Crippen molar-refractivity contribution in [2.24, 2.45) is 5.92 Å². The average molecular weight is 236 g/mol. The number of benzene rings is 1. The third kappa shape index (κ3) is 2.78. The summed E-state index contributed by atoms with van der Waals surface area (Å²) in [6.45, 7) is 6.38. The predicted molar refractivity (Wildman–Crippen MR) is 70.1 cm³/mol. The van der Waals surface area contributed by atoms with E-state index in [1.165, 1.54) is 11.3 Å². The van der Waals surface area contributed by atoms with Crippen molar-refractivity contribution in [3.8, 4) is 0 Å². The van der Waals surface area contributed by atoms with E-state index >= 15 is 0 Å². The number of nitrogens with one attached hydrogen (secondary N) is 1. The molecule has 1 aliphatic heterocycles. The summed E-state index contributed by atoms with van der Waals surface area (Å²) in [5.74, 6) is 0.562. The quantitative estimate of drug-likeness (QED) is 0.867. The summed E-state index contributed by atoms with van der Waals surface area (Å²) in [7, 11) is 0. The lowest BCUT2D eigenvalue weighted by molar-refractivity contribution is 0.396. The molecule has 1 aliphatic rings. The van der Waals surface area contributed by atoms with Gasteiger partial charge in [0.05, 0.1) is 0 Å². The van der Waals surface area contributed by atoms with E-state index in [9.17, 15) is 4.39 Å². The molecule has 2 nitrogen and oxygen atoms in total. The molecule has 1 atom stereocenters. The first-order valence-electron chi connectivity index (χ1n) is 6.34. The van der Waals surface area contributed by atoms with Crippen LogP contribution in [-0.4, -0.2) is 25.8 Å². The molecule has 0 spiro atoms. The Morgan fingerprint density at radius 1 is 1.41 bits per heavy atom. The Balaban J connectivity index is 2.25. The molecule has 1 heterocycles. The van der Waals surface area contributed by atoms with Crippen molar-refractivity contribution < 1.29 is 4.39 Å². The van der Waals surface area contributed by atoms with E-state index in [4.69, 9.17) is 0 Å². The van der Waals surface area contributed by atoms with Gasteiger partial charge in [-0.15, -0.1) is 0 Å². The van der Waals surface area contributed by atoms with Gasteiger partial charge in [-0.25, -0.2) is 4.39 Å². The van der Waals surface area contributed by atoms with Crippen LogP contribution in [0, 0.1) is 5.92 Å². The average Bonchev–Trinajstić information content (AvgIpc) is 2.50. The van der Waals surface area contributed by atoms with Crippen molar-refractivity contribution in [3.63, 3.8) is 0 Å². The number of para-hydroxylation sites is 1. The number of nitrogens with zero attached hydrogens (tertiary/aromatic N) is 1. The minimum Gasteiger partial charge on any atom is -0.367 e. The topological polar surface area (TPSA) is 15.3 Å². The van der Waals surface area contributed by atoms with E-state index in [1.54, 1.807) is 0 Å². The lowest BCUT2D eigenvalue weighted by atomic mass is 10.0. The van der Waals surface area contributed by atoms with Gasteiger partial charge in [-0.3, -0.25) is 0 Å². The molecule has 94 valence electrons. The maximum absolute atomic E-state index is 12.7. The lowest BCUT2D eigenvalue weighted by Gasteiger charge is -2.28. The van der Waals surface area contributed by atoms with Crippen molar-refractivity contribution in [1.82, 2.24) is 5.32 Å². The van der Waals surface area contributed by atoms with Crippen molar-refractivity contribution in [3.05, 3.63) is 29.8 Å². The molecule has 2 rings (SSSR count). The molecule has 0 aromatic heterocycles. The van der Waals surface area contributed by atoms with Gasteiger partial charge in [0.15, 0.2) is 0 Å². The number of anilines is 1. The minimum atomic E-state index is -0.293. The van der Waals surface area contributed by atoms with Gasteiger partial charge in [-0.2, -0.15) is 0 Å². The second kappa shape index (κ2) is 5.50. The molecule has 1 unspecified atom stereocenters. The number of hydrogen-bond donors (Lipinski definition) is 1.